The van der Waals surface area contributed by atoms with Gasteiger partial charge in [0.25, 0.3) is 0 Å². The lowest BCUT2D eigenvalue weighted by molar-refractivity contribution is -0.0109. The topological polar surface area (TPSA) is 30.5 Å². The monoisotopic (exact) mass is 271 g/mol. The maximum absolute atomic E-state index is 5.84. The number of halogens is 1. The second kappa shape index (κ2) is 8.48. The highest BCUT2D eigenvalue weighted by Crippen LogP contribution is 2.11. The average molecular weight is 272 g/mol. The van der Waals surface area contributed by atoms with Gasteiger partial charge in [-0.05, 0) is 17.7 Å². The van der Waals surface area contributed by atoms with Crippen LogP contribution in [0.1, 0.15) is 19.4 Å². The van der Waals surface area contributed by atoms with E-state index >= 15 is 0 Å². The molecular weight excluding hydrogens is 250 g/mol. The standard InChI is InChI=1S/C14H22ClNO2/c1-11(2)16-8-14(10-17-3)18-9-12-4-6-13(15)7-5-12/h4-7,11,14,16H,8-10H2,1-3H3. The van der Waals surface area contributed by atoms with Crippen LogP contribution in [0, 0.1) is 0 Å². The number of nitrogens with one attached hydrogen (secondary N) is 1. The Morgan fingerprint density at radius 3 is 2.44 bits per heavy atom. The number of ether oxygens (including phenoxy) is 2. The molecule has 4 heteroatoms. The predicted molar refractivity (Wildman–Crippen MR) is 75.0 cm³/mol. The Labute approximate surface area is 114 Å². The first-order valence-electron chi connectivity index (χ1n) is 6.20. The molecule has 1 atom stereocenters. The van der Waals surface area contributed by atoms with Crippen molar-refractivity contribution in [3.63, 3.8) is 0 Å². The Balaban J connectivity index is 2.38. The van der Waals surface area contributed by atoms with Gasteiger partial charge in [0, 0.05) is 24.7 Å². The third kappa shape index (κ3) is 6.36. The van der Waals surface area contributed by atoms with Gasteiger partial charge in [-0.2, -0.15) is 0 Å². The van der Waals surface area contributed by atoms with E-state index in [2.05, 4.69) is 19.2 Å². The van der Waals surface area contributed by atoms with Gasteiger partial charge in [0.1, 0.15) is 0 Å². The van der Waals surface area contributed by atoms with Gasteiger partial charge in [-0.3, -0.25) is 0 Å². The van der Waals surface area contributed by atoms with Crippen molar-refractivity contribution < 1.29 is 9.47 Å². The summed E-state index contributed by atoms with van der Waals surface area (Å²) in [6.45, 7) is 6.18. The Morgan fingerprint density at radius 1 is 1.22 bits per heavy atom. The average Bonchev–Trinajstić information content (AvgIpc) is 2.34. The SMILES string of the molecule is COCC(CNC(C)C)OCc1ccc(Cl)cc1. The first-order valence-corrected chi connectivity index (χ1v) is 6.58. The molecular formula is C14H22ClNO2. The molecule has 1 unspecified atom stereocenters. The Hall–Kier alpha value is -0.610. The van der Waals surface area contributed by atoms with Gasteiger partial charge in [0.05, 0.1) is 19.3 Å². The van der Waals surface area contributed by atoms with Crippen LogP contribution in [0.3, 0.4) is 0 Å². The molecule has 0 amide bonds. The minimum absolute atomic E-state index is 0.0630. The van der Waals surface area contributed by atoms with Crippen LogP contribution in [0.15, 0.2) is 24.3 Å². The zero-order valence-electron chi connectivity index (χ0n) is 11.3. The fourth-order valence-electron chi connectivity index (χ4n) is 1.51. The summed E-state index contributed by atoms with van der Waals surface area (Å²) in [6.07, 6.45) is 0.0630. The lowest BCUT2D eigenvalue weighted by Crippen LogP contribution is -2.36. The van der Waals surface area contributed by atoms with Crippen molar-refractivity contribution in [2.24, 2.45) is 0 Å². The van der Waals surface area contributed by atoms with Gasteiger partial charge in [-0.1, -0.05) is 37.6 Å². The molecule has 0 saturated heterocycles. The minimum Gasteiger partial charge on any atom is -0.382 e. The molecule has 0 bridgehead atoms. The molecule has 0 aliphatic carbocycles. The molecule has 0 aromatic heterocycles. The van der Waals surface area contributed by atoms with Crippen LogP contribution in [-0.4, -0.2) is 32.4 Å². The van der Waals surface area contributed by atoms with Crippen molar-refractivity contribution in [1.82, 2.24) is 5.32 Å². The van der Waals surface area contributed by atoms with Crippen molar-refractivity contribution in [2.75, 3.05) is 20.3 Å². The number of hydrogen-bond acceptors (Lipinski definition) is 3. The van der Waals surface area contributed by atoms with Crippen molar-refractivity contribution >= 4 is 11.6 Å². The van der Waals surface area contributed by atoms with E-state index in [4.69, 9.17) is 21.1 Å². The molecule has 1 aromatic rings. The molecule has 1 N–H and O–H groups in total. The normalized spacial score (nSPS) is 12.9. The van der Waals surface area contributed by atoms with Gasteiger partial charge in [-0.15, -0.1) is 0 Å². The van der Waals surface area contributed by atoms with E-state index in [0.717, 1.165) is 17.1 Å². The Kier molecular flexibility index (Phi) is 7.28. The van der Waals surface area contributed by atoms with Crippen LogP contribution in [0.5, 0.6) is 0 Å². The van der Waals surface area contributed by atoms with Crippen LogP contribution >= 0.6 is 11.6 Å². The summed E-state index contributed by atoms with van der Waals surface area (Å²) in [6, 6.07) is 8.14. The van der Waals surface area contributed by atoms with E-state index < -0.39 is 0 Å². The maximum Gasteiger partial charge on any atom is 0.0936 e. The molecule has 0 heterocycles. The van der Waals surface area contributed by atoms with E-state index in [1.54, 1.807) is 7.11 Å². The van der Waals surface area contributed by atoms with Crippen molar-refractivity contribution in [3.8, 4) is 0 Å². The Morgan fingerprint density at radius 2 is 1.89 bits per heavy atom. The van der Waals surface area contributed by atoms with Crippen LogP contribution in [0.4, 0.5) is 0 Å². The molecule has 3 nitrogen and oxygen atoms in total. The fraction of sp³-hybridized carbons (Fsp3) is 0.571. The Bertz CT molecular complexity index is 327. The van der Waals surface area contributed by atoms with Crippen LogP contribution < -0.4 is 5.32 Å². The minimum atomic E-state index is 0.0630. The zero-order valence-corrected chi connectivity index (χ0v) is 12.0. The molecule has 1 rings (SSSR count). The largest absolute Gasteiger partial charge is 0.382 e. The highest BCUT2D eigenvalue weighted by molar-refractivity contribution is 6.30. The summed E-state index contributed by atoms with van der Waals surface area (Å²) in [5, 5.41) is 4.09. The van der Waals surface area contributed by atoms with Gasteiger partial charge in [-0.25, -0.2) is 0 Å². The second-order valence-electron chi connectivity index (χ2n) is 4.58. The number of benzene rings is 1. The van der Waals surface area contributed by atoms with E-state index in [1.807, 2.05) is 24.3 Å². The molecule has 18 heavy (non-hydrogen) atoms. The first-order chi connectivity index (χ1) is 8.61. The third-order valence-corrected chi connectivity index (χ3v) is 2.76. The zero-order chi connectivity index (χ0) is 13.4. The summed E-state index contributed by atoms with van der Waals surface area (Å²) >= 11 is 5.84. The lowest BCUT2D eigenvalue weighted by atomic mass is 10.2. The van der Waals surface area contributed by atoms with Crippen LogP contribution in [0.2, 0.25) is 5.02 Å². The van der Waals surface area contributed by atoms with E-state index in [0.29, 0.717) is 19.3 Å². The quantitative estimate of drug-likeness (QED) is 0.789. The molecule has 1 aromatic carbocycles. The fourth-order valence-corrected chi connectivity index (χ4v) is 1.64. The van der Waals surface area contributed by atoms with Crippen molar-refractivity contribution in [3.05, 3.63) is 34.9 Å². The summed E-state index contributed by atoms with van der Waals surface area (Å²) in [7, 11) is 1.69. The third-order valence-electron chi connectivity index (χ3n) is 2.51. The van der Waals surface area contributed by atoms with Gasteiger partial charge < -0.3 is 14.8 Å². The number of hydrogen-bond donors (Lipinski definition) is 1. The molecule has 0 radical (unpaired) electrons. The summed E-state index contributed by atoms with van der Waals surface area (Å²) in [5.74, 6) is 0. The van der Waals surface area contributed by atoms with E-state index in [9.17, 15) is 0 Å². The summed E-state index contributed by atoms with van der Waals surface area (Å²) in [5.41, 5.74) is 1.12. The maximum atomic E-state index is 5.84. The van der Waals surface area contributed by atoms with Crippen LogP contribution in [0.25, 0.3) is 0 Å². The summed E-state index contributed by atoms with van der Waals surface area (Å²) < 4.78 is 11.0. The molecule has 0 aliphatic rings. The highest BCUT2D eigenvalue weighted by atomic mass is 35.5. The molecule has 102 valence electrons. The van der Waals surface area contributed by atoms with Gasteiger partial charge in [0.15, 0.2) is 0 Å². The summed E-state index contributed by atoms with van der Waals surface area (Å²) in [4.78, 5) is 0. The molecule has 0 fully saturated rings. The van der Waals surface area contributed by atoms with Crippen molar-refractivity contribution in [2.45, 2.75) is 32.6 Å². The molecule has 0 spiro atoms. The number of methoxy groups -OCH3 is 1. The predicted octanol–water partition coefficient (Wildman–Crippen LogP) is 2.87. The van der Waals surface area contributed by atoms with Crippen LogP contribution in [-0.2, 0) is 16.1 Å². The van der Waals surface area contributed by atoms with E-state index in [-0.39, 0.29) is 6.10 Å². The van der Waals surface area contributed by atoms with Gasteiger partial charge in [0.2, 0.25) is 0 Å². The molecule has 0 aliphatic heterocycles. The smallest absolute Gasteiger partial charge is 0.0936 e. The first kappa shape index (κ1) is 15.4. The molecule has 0 saturated carbocycles. The highest BCUT2D eigenvalue weighted by Gasteiger charge is 2.09. The number of rotatable bonds is 8. The second-order valence-corrected chi connectivity index (χ2v) is 5.01. The van der Waals surface area contributed by atoms with E-state index in [1.165, 1.54) is 0 Å². The lowest BCUT2D eigenvalue weighted by Gasteiger charge is -2.19. The van der Waals surface area contributed by atoms with Crippen molar-refractivity contribution in [1.29, 1.82) is 0 Å². The van der Waals surface area contributed by atoms with Gasteiger partial charge >= 0.3 is 0 Å².